The zero-order valence-electron chi connectivity index (χ0n) is 15.9. The molecule has 3 aromatic carbocycles. The van der Waals surface area contributed by atoms with Crippen molar-refractivity contribution in [2.75, 3.05) is 5.06 Å². The van der Waals surface area contributed by atoms with Crippen LogP contribution >= 0.6 is 0 Å². The fourth-order valence-corrected chi connectivity index (χ4v) is 3.02. The second-order valence-corrected chi connectivity index (χ2v) is 7.84. The van der Waals surface area contributed by atoms with Crippen LogP contribution in [0, 0.1) is 0 Å². The molecule has 1 N–H and O–H groups in total. The summed E-state index contributed by atoms with van der Waals surface area (Å²) in [5.41, 5.74) is -4.42. The number of alkyl halides is 3. The summed E-state index contributed by atoms with van der Waals surface area (Å²) in [7, 11) is -5.91. The predicted octanol–water partition coefficient (Wildman–Crippen LogP) is 4.54. The molecule has 31 heavy (non-hydrogen) atoms. The third-order valence-electron chi connectivity index (χ3n) is 4.11. The molecule has 0 aliphatic carbocycles. The highest BCUT2D eigenvalue weighted by Crippen LogP contribution is 2.32. The Morgan fingerprint density at radius 3 is 1.90 bits per heavy atom. The van der Waals surface area contributed by atoms with Gasteiger partial charge in [0.25, 0.3) is 5.91 Å². The lowest BCUT2D eigenvalue weighted by atomic mass is 10.1. The van der Waals surface area contributed by atoms with Gasteiger partial charge in [0.2, 0.25) is 0 Å². The van der Waals surface area contributed by atoms with Gasteiger partial charge < -0.3 is 5.32 Å². The van der Waals surface area contributed by atoms with E-state index in [4.69, 9.17) is 0 Å². The van der Waals surface area contributed by atoms with Crippen LogP contribution in [0.25, 0.3) is 0 Å². The molecule has 0 heterocycles. The standard InChI is InChI=1S/C21H17F3N2O4S/c22-21(23,24)31(28,29)30-26(18-9-5-2-6-10-18)19-13-11-17(12-14-19)20(27)25-15-16-7-3-1-4-8-16/h1-14H,15H2,(H,25,27). The summed E-state index contributed by atoms with van der Waals surface area (Å²) >= 11 is 0. The number of nitrogens with zero attached hydrogens (tertiary/aromatic N) is 1. The monoisotopic (exact) mass is 450 g/mol. The Morgan fingerprint density at radius 1 is 0.839 bits per heavy atom. The second kappa shape index (κ2) is 9.19. The van der Waals surface area contributed by atoms with E-state index < -0.39 is 21.5 Å². The molecule has 0 aromatic heterocycles. The van der Waals surface area contributed by atoms with Crippen LogP contribution in [-0.4, -0.2) is 19.8 Å². The lowest BCUT2D eigenvalue weighted by Crippen LogP contribution is -2.32. The zero-order chi connectivity index (χ0) is 22.5. The van der Waals surface area contributed by atoms with Crippen LogP contribution in [0.15, 0.2) is 84.9 Å². The van der Waals surface area contributed by atoms with E-state index in [2.05, 4.69) is 9.60 Å². The van der Waals surface area contributed by atoms with Crippen molar-refractivity contribution in [3.05, 3.63) is 96.1 Å². The number of rotatable bonds is 7. The van der Waals surface area contributed by atoms with Gasteiger partial charge in [-0.3, -0.25) is 4.79 Å². The van der Waals surface area contributed by atoms with E-state index in [1.165, 1.54) is 48.5 Å². The number of carbonyl (C=O) groups is 1. The fraction of sp³-hybridized carbons (Fsp3) is 0.0952. The first-order valence-corrected chi connectivity index (χ1v) is 10.4. The number of carbonyl (C=O) groups excluding carboxylic acids is 1. The Balaban J connectivity index is 1.81. The summed E-state index contributed by atoms with van der Waals surface area (Å²) in [5.74, 6) is -0.398. The quantitative estimate of drug-likeness (QED) is 0.423. The van der Waals surface area contributed by atoms with Gasteiger partial charge in [0.1, 0.15) is 0 Å². The second-order valence-electron chi connectivity index (χ2n) is 6.32. The minimum atomic E-state index is -5.91. The van der Waals surface area contributed by atoms with Crippen molar-refractivity contribution < 1.29 is 30.7 Å². The van der Waals surface area contributed by atoms with Gasteiger partial charge in [-0.25, -0.2) is 5.06 Å². The summed E-state index contributed by atoms with van der Waals surface area (Å²) < 4.78 is 65.9. The van der Waals surface area contributed by atoms with Crippen molar-refractivity contribution in [1.82, 2.24) is 5.32 Å². The summed E-state index contributed by atoms with van der Waals surface area (Å²) in [6, 6.07) is 21.9. The van der Waals surface area contributed by atoms with Gasteiger partial charge >= 0.3 is 15.6 Å². The molecular weight excluding hydrogens is 433 g/mol. The molecule has 6 nitrogen and oxygen atoms in total. The van der Waals surface area contributed by atoms with Crippen LogP contribution in [-0.2, 0) is 20.9 Å². The Bertz CT molecular complexity index is 1120. The number of nitrogens with one attached hydrogen (secondary N) is 1. The third kappa shape index (κ3) is 5.62. The zero-order valence-corrected chi connectivity index (χ0v) is 16.7. The van der Waals surface area contributed by atoms with E-state index in [0.717, 1.165) is 5.56 Å². The summed E-state index contributed by atoms with van der Waals surface area (Å²) in [6.07, 6.45) is 0. The molecule has 0 aliphatic heterocycles. The molecule has 0 atom stereocenters. The first-order chi connectivity index (χ1) is 14.7. The lowest BCUT2D eigenvalue weighted by Gasteiger charge is -2.23. The average Bonchev–Trinajstić information content (AvgIpc) is 2.76. The van der Waals surface area contributed by atoms with Gasteiger partial charge in [0.15, 0.2) is 0 Å². The maximum absolute atomic E-state index is 12.8. The van der Waals surface area contributed by atoms with Crippen molar-refractivity contribution in [1.29, 1.82) is 0 Å². The first kappa shape index (κ1) is 22.3. The molecule has 0 fully saturated rings. The molecular formula is C21H17F3N2O4S. The van der Waals surface area contributed by atoms with Crippen molar-refractivity contribution in [2.45, 2.75) is 12.1 Å². The minimum Gasteiger partial charge on any atom is -0.348 e. The van der Waals surface area contributed by atoms with E-state index in [9.17, 15) is 26.4 Å². The topological polar surface area (TPSA) is 75.7 Å². The van der Waals surface area contributed by atoms with E-state index in [1.807, 2.05) is 30.3 Å². The van der Waals surface area contributed by atoms with E-state index in [-0.39, 0.29) is 16.9 Å². The predicted molar refractivity (Wildman–Crippen MR) is 109 cm³/mol. The Kier molecular flexibility index (Phi) is 6.62. The number of halogens is 3. The number of para-hydroxylation sites is 1. The van der Waals surface area contributed by atoms with Gasteiger partial charge in [0, 0.05) is 12.1 Å². The molecule has 0 unspecified atom stereocenters. The van der Waals surface area contributed by atoms with E-state index in [1.54, 1.807) is 6.07 Å². The molecule has 1 amide bonds. The summed E-state index contributed by atoms with van der Waals surface area (Å²) in [4.78, 5) is 12.3. The number of amides is 1. The number of anilines is 2. The maximum atomic E-state index is 12.8. The molecule has 10 heteroatoms. The van der Waals surface area contributed by atoms with Crippen LogP contribution in [0.2, 0.25) is 0 Å². The minimum absolute atomic E-state index is 0.0152. The van der Waals surface area contributed by atoms with Gasteiger partial charge in [-0.1, -0.05) is 48.5 Å². The van der Waals surface area contributed by atoms with Gasteiger partial charge in [0.05, 0.1) is 11.4 Å². The third-order valence-corrected chi connectivity index (χ3v) is 5.02. The molecule has 0 saturated heterocycles. The molecule has 3 rings (SSSR count). The van der Waals surface area contributed by atoms with E-state index in [0.29, 0.717) is 11.6 Å². The Labute approximate surface area is 177 Å². The number of hydrogen-bond acceptors (Lipinski definition) is 5. The molecule has 0 aliphatic rings. The summed E-state index contributed by atoms with van der Waals surface area (Å²) in [6.45, 7) is 0.296. The lowest BCUT2D eigenvalue weighted by molar-refractivity contribution is -0.0542. The van der Waals surface area contributed by atoms with E-state index >= 15 is 0 Å². The van der Waals surface area contributed by atoms with Crippen LogP contribution in [0.3, 0.4) is 0 Å². The van der Waals surface area contributed by atoms with Crippen LogP contribution < -0.4 is 10.4 Å². The van der Waals surface area contributed by atoms with Crippen molar-refractivity contribution in [3.8, 4) is 0 Å². The Hall–Kier alpha value is -3.37. The normalized spacial score (nSPS) is 11.7. The number of benzene rings is 3. The molecule has 0 spiro atoms. The van der Waals surface area contributed by atoms with Crippen LogP contribution in [0.5, 0.6) is 0 Å². The molecule has 0 bridgehead atoms. The smallest absolute Gasteiger partial charge is 0.348 e. The average molecular weight is 450 g/mol. The van der Waals surface area contributed by atoms with Crippen LogP contribution in [0.4, 0.5) is 24.5 Å². The fourth-order valence-electron chi connectivity index (χ4n) is 2.57. The first-order valence-electron chi connectivity index (χ1n) is 8.95. The SMILES string of the molecule is O=C(NCc1ccccc1)c1ccc(N(OS(=O)(=O)C(F)(F)F)c2ccccc2)cc1. The summed E-state index contributed by atoms with van der Waals surface area (Å²) in [5, 5.41) is 3.26. The molecule has 3 aromatic rings. The molecule has 162 valence electrons. The maximum Gasteiger partial charge on any atom is 0.525 e. The largest absolute Gasteiger partial charge is 0.525 e. The van der Waals surface area contributed by atoms with Gasteiger partial charge in [-0.15, -0.1) is 4.28 Å². The molecule has 0 saturated carbocycles. The van der Waals surface area contributed by atoms with Gasteiger partial charge in [-0.2, -0.15) is 21.6 Å². The Morgan fingerprint density at radius 2 is 1.35 bits per heavy atom. The van der Waals surface area contributed by atoms with Gasteiger partial charge in [-0.05, 0) is 42.0 Å². The van der Waals surface area contributed by atoms with Crippen molar-refractivity contribution >= 4 is 27.4 Å². The highest BCUT2D eigenvalue weighted by molar-refractivity contribution is 7.87. The van der Waals surface area contributed by atoms with Crippen LogP contribution in [0.1, 0.15) is 15.9 Å². The van der Waals surface area contributed by atoms with Crippen molar-refractivity contribution in [2.24, 2.45) is 0 Å². The highest BCUT2D eigenvalue weighted by Gasteiger charge is 2.49. The van der Waals surface area contributed by atoms with Crippen molar-refractivity contribution in [3.63, 3.8) is 0 Å². The number of hydrogen-bond donors (Lipinski definition) is 1. The highest BCUT2D eigenvalue weighted by atomic mass is 32.2. The molecule has 0 radical (unpaired) electrons.